The number of amides is 1. The van der Waals surface area contributed by atoms with Crippen molar-refractivity contribution in [2.75, 3.05) is 37.1 Å². The normalized spacial score (nSPS) is 11.2. The number of nitrogens with one attached hydrogen (secondary N) is 1. The van der Waals surface area contributed by atoms with Crippen molar-refractivity contribution in [2.45, 2.75) is 6.18 Å². The summed E-state index contributed by atoms with van der Waals surface area (Å²) in [6, 6.07) is 0.703. The first-order valence-corrected chi connectivity index (χ1v) is 7.68. The molecule has 0 saturated carbocycles. The van der Waals surface area contributed by atoms with E-state index in [1.165, 1.54) is 7.11 Å². The van der Waals surface area contributed by atoms with Crippen molar-refractivity contribution in [3.8, 4) is 5.88 Å². The minimum Gasteiger partial charge on any atom is -0.481 e. The second kappa shape index (κ2) is 9.33. The Morgan fingerprint density at radius 2 is 2.04 bits per heavy atom. The van der Waals surface area contributed by atoms with Crippen molar-refractivity contribution in [1.82, 2.24) is 4.98 Å². The maximum absolute atomic E-state index is 13.0. The van der Waals surface area contributed by atoms with Crippen LogP contribution in [0.1, 0.15) is 5.56 Å². The van der Waals surface area contributed by atoms with Gasteiger partial charge >= 0.3 is 12.1 Å². The zero-order chi connectivity index (χ0) is 18.2. The van der Waals surface area contributed by atoms with Crippen LogP contribution in [0, 0.1) is 0 Å². The van der Waals surface area contributed by atoms with Gasteiger partial charge < -0.3 is 19.9 Å². The summed E-state index contributed by atoms with van der Waals surface area (Å²) >= 11 is 0.822. The summed E-state index contributed by atoms with van der Waals surface area (Å²) in [4.78, 5) is 25.5. The lowest BCUT2D eigenvalue weighted by atomic mass is 10.2. The highest BCUT2D eigenvalue weighted by Gasteiger charge is 2.36. The van der Waals surface area contributed by atoms with Gasteiger partial charge in [-0.05, 0) is 6.07 Å². The fourth-order valence-corrected chi connectivity index (χ4v) is 2.02. The Balaban J connectivity index is 2.78. The fraction of sp³-hybridized carbons (Fsp3) is 0.462. The number of aliphatic carboxylic acids is 1. The first kappa shape index (κ1) is 20.0. The Morgan fingerprint density at radius 3 is 2.62 bits per heavy atom. The summed E-state index contributed by atoms with van der Waals surface area (Å²) in [7, 11) is 1.38. The molecule has 0 radical (unpaired) electrons. The average molecular weight is 368 g/mol. The monoisotopic (exact) mass is 368 g/mol. The van der Waals surface area contributed by atoms with Crippen LogP contribution in [0.3, 0.4) is 0 Å². The molecule has 0 unspecified atom stereocenters. The lowest BCUT2D eigenvalue weighted by Gasteiger charge is -2.14. The predicted molar refractivity (Wildman–Crippen MR) is 80.2 cm³/mol. The van der Waals surface area contributed by atoms with Crippen molar-refractivity contribution >= 4 is 29.3 Å². The number of pyridine rings is 1. The minimum absolute atomic E-state index is 0.0955. The smallest absolute Gasteiger partial charge is 0.421 e. The van der Waals surface area contributed by atoms with Crippen molar-refractivity contribution in [2.24, 2.45) is 0 Å². The van der Waals surface area contributed by atoms with Crippen molar-refractivity contribution in [1.29, 1.82) is 0 Å². The van der Waals surface area contributed by atoms with Crippen molar-refractivity contribution < 1.29 is 37.3 Å². The number of carbonyl (C=O) groups is 2. The van der Waals surface area contributed by atoms with E-state index >= 15 is 0 Å². The second-order valence-corrected chi connectivity index (χ2v) is 5.34. The molecule has 7 nitrogen and oxygen atoms in total. The number of nitrogens with zero attached hydrogens (tertiary/aromatic N) is 1. The molecule has 0 aliphatic carbocycles. The zero-order valence-corrected chi connectivity index (χ0v) is 13.4. The molecule has 1 aromatic heterocycles. The van der Waals surface area contributed by atoms with E-state index in [4.69, 9.17) is 9.84 Å². The van der Waals surface area contributed by atoms with Gasteiger partial charge in [-0.15, -0.1) is 11.8 Å². The van der Waals surface area contributed by atoms with Crippen LogP contribution >= 0.6 is 11.8 Å². The molecule has 0 aliphatic rings. The Hall–Kier alpha value is -2.01. The Labute approximate surface area is 139 Å². The molecule has 0 aliphatic heterocycles. The number of hydrogen-bond donors (Lipinski definition) is 2. The first-order valence-electron chi connectivity index (χ1n) is 6.52. The third kappa shape index (κ3) is 7.04. The number of ether oxygens (including phenoxy) is 2. The van der Waals surface area contributed by atoms with Gasteiger partial charge in [0.25, 0.3) is 0 Å². The van der Waals surface area contributed by atoms with Crippen LogP contribution in [0.2, 0.25) is 0 Å². The summed E-state index contributed by atoms with van der Waals surface area (Å²) < 4.78 is 48.7. The molecule has 11 heteroatoms. The van der Waals surface area contributed by atoms with E-state index in [-0.39, 0.29) is 30.4 Å². The van der Waals surface area contributed by atoms with Crippen LogP contribution in [0.25, 0.3) is 0 Å². The average Bonchev–Trinajstić information content (AvgIpc) is 2.47. The van der Waals surface area contributed by atoms with Gasteiger partial charge in [-0.2, -0.15) is 13.2 Å². The standard InChI is InChI=1S/C13H15F3N2O5S/c1-22-2-3-23-12-9(13(14,15)16)4-8(5-17-12)18-10(19)6-24-7-11(20)21/h4-5H,2-3,6-7H2,1H3,(H,18,19)(H,20,21). The van der Waals surface area contributed by atoms with Crippen LogP contribution in [0.5, 0.6) is 5.88 Å². The molecule has 1 heterocycles. The predicted octanol–water partition coefficient (Wildman–Crippen LogP) is 1.88. The van der Waals surface area contributed by atoms with E-state index in [0.29, 0.717) is 6.07 Å². The molecule has 2 N–H and O–H groups in total. The molecular formula is C13H15F3N2O5S. The highest BCUT2D eigenvalue weighted by atomic mass is 32.2. The third-order valence-electron chi connectivity index (χ3n) is 2.43. The lowest BCUT2D eigenvalue weighted by Crippen LogP contribution is -2.17. The topological polar surface area (TPSA) is 97.8 Å². The minimum atomic E-state index is -4.71. The fourth-order valence-electron chi connectivity index (χ4n) is 1.49. The van der Waals surface area contributed by atoms with Crippen LogP contribution in [-0.4, -0.2) is 53.8 Å². The van der Waals surface area contributed by atoms with E-state index in [0.717, 1.165) is 18.0 Å². The molecule has 0 fully saturated rings. The van der Waals surface area contributed by atoms with Gasteiger partial charge in [0.15, 0.2) is 0 Å². The number of methoxy groups -OCH3 is 1. The number of hydrogen-bond acceptors (Lipinski definition) is 6. The molecule has 0 atom stereocenters. The molecule has 0 aromatic carbocycles. The number of carboxylic acid groups (broad SMARTS) is 1. The van der Waals surface area contributed by atoms with Gasteiger partial charge in [-0.1, -0.05) is 0 Å². The number of aromatic nitrogens is 1. The second-order valence-electron chi connectivity index (χ2n) is 4.35. The Bertz CT molecular complexity index is 583. The first-order chi connectivity index (χ1) is 11.2. The molecule has 0 saturated heterocycles. The highest BCUT2D eigenvalue weighted by molar-refractivity contribution is 8.00. The van der Waals surface area contributed by atoms with Gasteiger partial charge in [0.1, 0.15) is 12.2 Å². The number of carboxylic acids is 1. The molecule has 0 bridgehead atoms. The number of thioether (sulfide) groups is 1. The van der Waals surface area contributed by atoms with Crippen molar-refractivity contribution in [3.05, 3.63) is 17.8 Å². The van der Waals surface area contributed by atoms with Gasteiger partial charge in [0.05, 0.1) is 30.0 Å². The summed E-state index contributed by atoms with van der Waals surface area (Å²) in [6.45, 7) is -0.0115. The summed E-state index contributed by atoms with van der Waals surface area (Å²) in [5.41, 5.74) is -1.29. The van der Waals surface area contributed by atoms with E-state index < -0.39 is 29.5 Å². The quantitative estimate of drug-likeness (QED) is 0.642. The lowest BCUT2D eigenvalue weighted by molar-refractivity contribution is -0.139. The molecule has 1 rings (SSSR count). The van der Waals surface area contributed by atoms with Gasteiger partial charge in [0.2, 0.25) is 11.8 Å². The number of rotatable bonds is 9. The van der Waals surface area contributed by atoms with Gasteiger partial charge in [-0.3, -0.25) is 9.59 Å². The Morgan fingerprint density at radius 1 is 1.33 bits per heavy atom. The summed E-state index contributed by atoms with van der Waals surface area (Å²) in [5.74, 6) is -2.83. The number of alkyl halides is 3. The van der Waals surface area contributed by atoms with Gasteiger partial charge in [0, 0.05) is 7.11 Å². The van der Waals surface area contributed by atoms with Gasteiger partial charge in [-0.25, -0.2) is 4.98 Å². The highest BCUT2D eigenvalue weighted by Crippen LogP contribution is 2.36. The largest absolute Gasteiger partial charge is 0.481 e. The molecule has 1 amide bonds. The number of halogens is 3. The zero-order valence-electron chi connectivity index (χ0n) is 12.6. The van der Waals surface area contributed by atoms with E-state index in [1.54, 1.807) is 0 Å². The van der Waals surface area contributed by atoms with E-state index in [9.17, 15) is 22.8 Å². The molecule has 0 spiro atoms. The van der Waals surface area contributed by atoms with Crippen LogP contribution in [0.4, 0.5) is 18.9 Å². The van der Waals surface area contributed by atoms with Crippen LogP contribution in [0.15, 0.2) is 12.3 Å². The van der Waals surface area contributed by atoms with Crippen LogP contribution < -0.4 is 10.1 Å². The van der Waals surface area contributed by atoms with Crippen molar-refractivity contribution in [3.63, 3.8) is 0 Å². The van der Waals surface area contributed by atoms with E-state index in [2.05, 4.69) is 15.0 Å². The van der Waals surface area contributed by atoms with E-state index in [1.807, 2.05) is 0 Å². The SMILES string of the molecule is COCCOc1ncc(NC(=O)CSCC(=O)O)cc1C(F)(F)F. The molecule has 24 heavy (non-hydrogen) atoms. The Kier molecular flexibility index (Phi) is 7.79. The summed E-state index contributed by atoms with van der Waals surface area (Å²) in [6.07, 6.45) is -3.69. The van der Waals surface area contributed by atoms with Crippen LogP contribution in [-0.2, 0) is 20.5 Å². The number of anilines is 1. The third-order valence-corrected chi connectivity index (χ3v) is 3.34. The molecular weight excluding hydrogens is 353 g/mol. The molecule has 134 valence electrons. The molecule has 1 aromatic rings. The maximum atomic E-state index is 13.0. The number of carbonyl (C=O) groups excluding carboxylic acids is 1. The maximum Gasteiger partial charge on any atom is 0.421 e. The summed E-state index contributed by atoms with van der Waals surface area (Å²) in [5, 5.41) is 10.7.